The van der Waals surface area contributed by atoms with Gasteiger partial charge in [0.05, 0.1) is 13.2 Å². The molecule has 2 saturated heterocycles. The van der Waals surface area contributed by atoms with Crippen LogP contribution in [0.1, 0.15) is 30.5 Å². The van der Waals surface area contributed by atoms with Crippen LogP contribution in [0.25, 0.3) is 0 Å². The zero-order valence-electron chi connectivity index (χ0n) is 12.5. The molecule has 2 aliphatic rings. The number of morpholine rings is 1. The first kappa shape index (κ1) is 14.4. The largest absolute Gasteiger partial charge is 0.368 e. The lowest BCUT2D eigenvalue weighted by molar-refractivity contribution is -0.133. The molecule has 1 unspecified atom stereocenters. The van der Waals surface area contributed by atoms with Crippen molar-refractivity contribution in [2.45, 2.75) is 25.9 Å². The van der Waals surface area contributed by atoms with E-state index in [1.807, 2.05) is 17.9 Å². The first-order valence-electron chi connectivity index (χ1n) is 7.63. The molecule has 6 nitrogen and oxygen atoms in total. The van der Waals surface area contributed by atoms with Gasteiger partial charge < -0.3 is 9.64 Å². The van der Waals surface area contributed by atoms with Gasteiger partial charge in [0.2, 0.25) is 5.91 Å². The lowest BCUT2D eigenvalue weighted by Gasteiger charge is -2.32. The summed E-state index contributed by atoms with van der Waals surface area (Å²) in [6.45, 7) is 6.34. The second-order valence-corrected chi connectivity index (χ2v) is 5.74. The molecule has 1 amide bonds. The highest BCUT2D eigenvalue weighted by Crippen LogP contribution is 2.19. The number of hydrogen-bond acceptors (Lipinski definition) is 5. The van der Waals surface area contributed by atoms with Crippen molar-refractivity contribution in [1.82, 2.24) is 19.8 Å². The van der Waals surface area contributed by atoms with Crippen LogP contribution in [0.2, 0.25) is 0 Å². The van der Waals surface area contributed by atoms with Crippen LogP contribution >= 0.6 is 0 Å². The Morgan fingerprint density at radius 1 is 1.38 bits per heavy atom. The maximum absolute atomic E-state index is 12.2. The highest BCUT2D eigenvalue weighted by atomic mass is 16.5. The Kier molecular flexibility index (Phi) is 4.45. The summed E-state index contributed by atoms with van der Waals surface area (Å²) in [5.74, 6) is 0.951. The monoisotopic (exact) mass is 290 g/mol. The Bertz CT molecular complexity index is 502. The van der Waals surface area contributed by atoms with Gasteiger partial charge in [0.1, 0.15) is 6.10 Å². The van der Waals surface area contributed by atoms with E-state index in [1.165, 1.54) is 0 Å². The third kappa shape index (κ3) is 3.57. The van der Waals surface area contributed by atoms with E-state index in [2.05, 4.69) is 14.9 Å². The quantitative estimate of drug-likeness (QED) is 0.823. The number of likely N-dealkylation sites (tertiary alicyclic amines) is 1. The molecule has 0 saturated carbocycles. The Morgan fingerprint density at radius 2 is 2.19 bits per heavy atom. The van der Waals surface area contributed by atoms with Crippen LogP contribution in [-0.4, -0.2) is 65.0 Å². The van der Waals surface area contributed by atoms with E-state index in [9.17, 15) is 4.79 Å². The first-order valence-corrected chi connectivity index (χ1v) is 7.63. The maximum atomic E-state index is 12.2. The number of aryl methyl sites for hydroxylation is 1. The van der Waals surface area contributed by atoms with Gasteiger partial charge in [-0.2, -0.15) is 0 Å². The number of hydrogen-bond donors (Lipinski definition) is 0. The Hall–Kier alpha value is -1.53. The predicted molar refractivity (Wildman–Crippen MR) is 77.7 cm³/mol. The molecule has 0 aromatic carbocycles. The third-order valence-corrected chi connectivity index (χ3v) is 4.07. The van der Waals surface area contributed by atoms with Crippen LogP contribution in [0.5, 0.6) is 0 Å². The summed E-state index contributed by atoms with van der Waals surface area (Å²) < 4.78 is 5.76. The summed E-state index contributed by atoms with van der Waals surface area (Å²) in [4.78, 5) is 25.1. The number of rotatable bonds is 3. The van der Waals surface area contributed by atoms with Crippen molar-refractivity contribution in [3.63, 3.8) is 0 Å². The van der Waals surface area contributed by atoms with Crippen molar-refractivity contribution >= 4 is 5.91 Å². The molecule has 3 rings (SSSR count). The molecule has 0 spiro atoms. The van der Waals surface area contributed by atoms with E-state index in [0.29, 0.717) is 25.5 Å². The second-order valence-electron chi connectivity index (χ2n) is 5.74. The molecule has 1 aromatic rings. The molecule has 0 N–H and O–H groups in total. The minimum atomic E-state index is -0.134. The van der Waals surface area contributed by atoms with Gasteiger partial charge in [-0.05, 0) is 25.8 Å². The second kappa shape index (κ2) is 6.49. The summed E-state index contributed by atoms with van der Waals surface area (Å²) in [6.07, 6.45) is 3.89. The average molecular weight is 290 g/mol. The summed E-state index contributed by atoms with van der Waals surface area (Å²) in [5, 5.41) is 0. The molecular formula is C15H22N4O2. The standard InChI is InChI=1S/C15H22N4O2/c1-12-4-5-16-15(17-12)13-10-18(8-9-21-13)11-14(20)19-6-2-3-7-19/h4-5,13H,2-3,6-11H2,1H3. The first-order chi connectivity index (χ1) is 10.2. The Balaban J connectivity index is 1.59. The number of aromatic nitrogens is 2. The van der Waals surface area contributed by atoms with E-state index in [1.54, 1.807) is 6.20 Å². The van der Waals surface area contributed by atoms with Gasteiger partial charge >= 0.3 is 0 Å². The molecule has 0 aliphatic carbocycles. The van der Waals surface area contributed by atoms with Gasteiger partial charge in [0, 0.05) is 38.1 Å². The van der Waals surface area contributed by atoms with Crippen molar-refractivity contribution in [1.29, 1.82) is 0 Å². The van der Waals surface area contributed by atoms with Gasteiger partial charge in [-0.3, -0.25) is 9.69 Å². The van der Waals surface area contributed by atoms with E-state index < -0.39 is 0 Å². The highest BCUT2D eigenvalue weighted by molar-refractivity contribution is 5.78. The molecule has 0 bridgehead atoms. The van der Waals surface area contributed by atoms with Crippen LogP contribution in [-0.2, 0) is 9.53 Å². The zero-order valence-corrected chi connectivity index (χ0v) is 12.5. The number of carbonyl (C=O) groups excluding carboxylic acids is 1. The fourth-order valence-corrected chi connectivity index (χ4v) is 2.88. The van der Waals surface area contributed by atoms with Crippen molar-refractivity contribution in [3.8, 4) is 0 Å². The van der Waals surface area contributed by atoms with E-state index in [-0.39, 0.29) is 12.0 Å². The fourth-order valence-electron chi connectivity index (χ4n) is 2.88. The predicted octanol–water partition coefficient (Wildman–Crippen LogP) is 0.781. The molecular weight excluding hydrogens is 268 g/mol. The number of amides is 1. The van der Waals surface area contributed by atoms with Crippen LogP contribution in [0, 0.1) is 6.92 Å². The van der Waals surface area contributed by atoms with Crippen molar-refractivity contribution in [3.05, 3.63) is 23.8 Å². The van der Waals surface area contributed by atoms with Gasteiger partial charge in [0.15, 0.2) is 5.82 Å². The molecule has 114 valence electrons. The summed E-state index contributed by atoms with van der Waals surface area (Å²) >= 11 is 0. The Labute approximate surface area is 125 Å². The normalized spacial score (nSPS) is 23.5. The van der Waals surface area contributed by atoms with E-state index in [0.717, 1.165) is 38.2 Å². The van der Waals surface area contributed by atoms with Crippen LogP contribution in [0.4, 0.5) is 0 Å². The van der Waals surface area contributed by atoms with Crippen molar-refractivity contribution in [2.75, 3.05) is 39.3 Å². The molecule has 21 heavy (non-hydrogen) atoms. The third-order valence-electron chi connectivity index (χ3n) is 4.07. The summed E-state index contributed by atoms with van der Waals surface area (Å²) in [7, 11) is 0. The van der Waals surface area contributed by atoms with Gasteiger partial charge in [0.25, 0.3) is 0 Å². The molecule has 3 heterocycles. The molecule has 2 aliphatic heterocycles. The lowest BCUT2D eigenvalue weighted by atomic mass is 10.2. The number of nitrogens with zero attached hydrogens (tertiary/aromatic N) is 4. The maximum Gasteiger partial charge on any atom is 0.236 e. The zero-order chi connectivity index (χ0) is 14.7. The molecule has 1 atom stereocenters. The molecule has 2 fully saturated rings. The van der Waals surface area contributed by atoms with Crippen LogP contribution in [0.15, 0.2) is 12.3 Å². The van der Waals surface area contributed by atoms with Crippen LogP contribution in [0.3, 0.4) is 0 Å². The molecule has 6 heteroatoms. The minimum Gasteiger partial charge on any atom is -0.368 e. The van der Waals surface area contributed by atoms with Crippen molar-refractivity contribution < 1.29 is 9.53 Å². The van der Waals surface area contributed by atoms with Crippen molar-refractivity contribution in [2.24, 2.45) is 0 Å². The minimum absolute atomic E-state index is 0.134. The Morgan fingerprint density at radius 3 is 2.95 bits per heavy atom. The SMILES string of the molecule is Cc1ccnc(C2CN(CC(=O)N3CCCC3)CCO2)n1. The van der Waals surface area contributed by atoms with Gasteiger partial charge in [-0.15, -0.1) is 0 Å². The van der Waals surface area contributed by atoms with Gasteiger partial charge in [-0.25, -0.2) is 9.97 Å². The van der Waals surface area contributed by atoms with E-state index >= 15 is 0 Å². The molecule has 1 aromatic heterocycles. The summed E-state index contributed by atoms with van der Waals surface area (Å²) in [6, 6.07) is 1.88. The number of ether oxygens (including phenoxy) is 1. The number of carbonyl (C=O) groups is 1. The highest BCUT2D eigenvalue weighted by Gasteiger charge is 2.27. The topological polar surface area (TPSA) is 58.6 Å². The molecule has 0 radical (unpaired) electrons. The van der Waals surface area contributed by atoms with Gasteiger partial charge in [-0.1, -0.05) is 0 Å². The smallest absolute Gasteiger partial charge is 0.236 e. The fraction of sp³-hybridized carbons (Fsp3) is 0.667. The summed E-state index contributed by atoms with van der Waals surface area (Å²) in [5.41, 5.74) is 0.939. The lowest BCUT2D eigenvalue weighted by Crippen LogP contribution is -2.45. The average Bonchev–Trinajstić information content (AvgIpc) is 3.02. The van der Waals surface area contributed by atoms with E-state index in [4.69, 9.17) is 4.74 Å². The van der Waals surface area contributed by atoms with Crippen LogP contribution < -0.4 is 0 Å².